The molecule has 0 aliphatic heterocycles. The molecule has 0 bridgehead atoms. The van der Waals surface area contributed by atoms with E-state index in [4.69, 9.17) is 5.73 Å². The molecule has 4 nitrogen and oxygen atoms in total. The van der Waals surface area contributed by atoms with Crippen molar-refractivity contribution < 1.29 is 0 Å². The number of hydrogen-bond donors (Lipinski definition) is 1. The zero-order valence-electron chi connectivity index (χ0n) is 11.8. The third-order valence-corrected chi connectivity index (χ3v) is 3.31. The fraction of sp³-hybridized carbons (Fsp3) is 0.118. The Kier molecular flexibility index (Phi) is 3.60. The molecule has 104 valence electrons. The molecule has 0 amide bonds. The zero-order chi connectivity index (χ0) is 14.7. The monoisotopic (exact) mass is 276 g/mol. The third-order valence-electron chi connectivity index (χ3n) is 3.31. The molecule has 0 atom stereocenters. The predicted molar refractivity (Wildman–Crippen MR) is 82.8 cm³/mol. The number of aromatic nitrogens is 3. The van der Waals surface area contributed by atoms with Crippen molar-refractivity contribution in [3.63, 3.8) is 0 Å². The average molecular weight is 276 g/mol. The van der Waals surface area contributed by atoms with Crippen molar-refractivity contribution in [3.05, 3.63) is 83.4 Å². The smallest absolute Gasteiger partial charge is 0.223 e. The van der Waals surface area contributed by atoms with E-state index in [1.165, 1.54) is 0 Å². The van der Waals surface area contributed by atoms with Crippen LogP contribution in [0.3, 0.4) is 0 Å². The Morgan fingerprint density at radius 1 is 0.762 bits per heavy atom. The van der Waals surface area contributed by atoms with Crippen LogP contribution in [0.5, 0.6) is 0 Å². The lowest BCUT2D eigenvalue weighted by Crippen LogP contribution is -2.12. The van der Waals surface area contributed by atoms with E-state index in [-0.39, 0.29) is 11.9 Å². The first kappa shape index (κ1) is 13.2. The van der Waals surface area contributed by atoms with Crippen molar-refractivity contribution in [1.82, 2.24) is 15.0 Å². The second-order valence-electron chi connectivity index (χ2n) is 4.85. The molecule has 1 heterocycles. The third kappa shape index (κ3) is 2.89. The Morgan fingerprint density at radius 2 is 1.29 bits per heavy atom. The highest BCUT2D eigenvalue weighted by Gasteiger charge is 2.20. The van der Waals surface area contributed by atoms with Gasteiger partial charge in [0.2, 0.25) is 5.95 Å². The van der Waals surface area contributed by atoms with Crippen molar-refractivity contribution in [2.24, 2.45) is 0 Å². The Bertz CT molecular complexity index is 667. The summed E-state index contributed by atoms with van der Waals surface area (Å²) in [5.41, 5.74) is 8.06. The Morgan fingerprint density at radius 3 is 1.76 bits per heavy atom. The molecule has 0 aliphatic rings. The lowest BCUT2D eigenvalue weighted by Gasteiger charge is -2.17. The molecule has 0 spiro atoms. The van der Waals surface area contributed by atoms with E-state index in [2.05, 4.69) is 39.2 Å². The van der Waals surface area contributed by atoms with Gasteiger partial charge < -0.3 is 5.73 Å². The maximum Gasteiger partial charge on any atom is 0.223 e. The molecule has 4 heteroatoms. The van der Waals surface area contributed by atoms with Gasteiger partial charge >= 0.3 is 0 Å². The molecule has 2 aromatic carbocycles. The second kappa shape index (κ2) is 5.71. The number of nitrogen functional groups attached to an aromatic ring is 1. The fourth-order valence-corrected chi connectivity index (χ4v) is 2.43. The van der Waals surface area contributed by atoms with Gasteiger partial charge in [-0.3, -0.25) is 0 Å². The fourth-order valence-electron chi connectivity index (χ4n) is 2.43. The van der Waals surface area contributed by atoms with Gasteiger partial charge in [-0.25, -0.2) is 4.98 Å². The second-order valence-corrected chi connectivity index (χ2v) is 4.85. The van der Waals surface area contributed by atoms with Crippen LogP contribution in [0.2, 0.25) is 0 Å². The van der Waals surface area contributed by atoms with E-state index >= 15 is 0 Å². The van der Waals surface area contributed by atoms with Gasteiger partial charge in [0.15, 0.2) is 0 Å². The Hall–Kier alpha value is -2.75. The number of benzene rings is 2. The van der Waals surface area contributed by atoms with E-state index in [1.54, 1.807) is 0 Å². The van der Waals surface area contributed by atoms with Crippen molar-refractivity contribution in [2.45, 2.75) is 12.8 Å². The Balaban J connectivity index is 2.17. The summed E-state index contributed by atoms with van der Waals surface area (Å²) in [4.78, 5) is 12.9. The zero-order valence-corrected chi connectivity index (χ0v) is 11.8. The Labute approximate surface area is 123 Å². The van der Waals surface area contributed by atoms with Crippen LogP contribution in [0, 0.1) is 6.92 Å². The van der Waals surface area contributed by atoms with Gasteiger partial charge in [0.1, 0.15) is 11.6 Å². The highest BCUT2D eigenvalue weighted by molar-refractivity contribution is 5.39. The van der Waals surface area contributed by atoms with Crippen molar-refractivity contribution >= 4 is 5.95 Å². The number of hydrogen-bond acceptors (Lipinski definition) is 4. The molecule has 3 rings (SSSR count). The summed E-state index contributed by atoms with van der Waals surface area (Å²) < 4.78 is 0. The molecular formula is C17H16N4. The number of rotatable bonds is 3. The molecule has 0 radical (unpaired) electrons. The van der Waals surface area contributed by atoms with Crippen LogP contribution >= 0.6 is 0 Å². The topological polar surface area (TPSA) is 64.7 Å². The summed E-state index contributed by atoms with van der Waals surface area (Å²) in [6.45, 7) is 1.83. The molecule has 0 fully saturated rings. The van der Waals surface area contributed by atoms with Crippen LogP contribution in [0.25, 0.3) is 0 Å². The minimum Gasteiger partial charge on any atom is -0.368 e. The van der Waals surface area contributed by atoms with Gasteiger partial charge in [-0.1, -0.05) is 60.7 Å². The van der Waals surface area contributed by atoms with E-state index in [0.29, 0.717) is 11.6 Å². The van der Waals surface area contributed by atoms with Crippen molar-refractivity contribution in [2.75, 3.05) is 5.73 Å². The summed E-state index contributed by atoms with van der Waals surface area (Å²) in [6.07, 6.45) is 0. The van der Waals surface area contributed by atoms with Crippen molar-refractivity contribution in [1.29, 1.82) is 0 Å². The number of nitrogens with zero attached hydrogens (tertiary/aromatic N) is 3. The lowest BCUT2D eigenvalue weighted by atomic mass is 9.90. The molecular weight excluding hydrogens is 260 g/mol. The molecule has 21 heavy (non-hydrogen) atoms. The maximum atomic E-state index is 5.79. The first-order chi connectivity index (χ1) is 10.2. The minimum absolute atomic E-state index is 0.0450. The van der Waals surface area contributed by atoms with E-state index in [0.717, 1.165) is 11.1 Å². The van der Waals surface area contributed by atoms with E-state index < -0.39 is 0 Å². The number of nitrogens with two attached hydrogens (primary N) is 1. The maximum absolute atomic E-state index is 5.79. The van der Waals surface area contributed by atoms with Crippen LogP contribution in [-0.2, 0) is 0 Å². The lowest BCUT2D eigenvalue weighted by molar-refractivity contribution is 0.816. The summed E-state index contributed by atoms with van der Waals surface area (Å²) in [7, 11) is 0. The highest BCUT2D eigenvalue weighted by atomic mass is 15.1. The summed E-state index contributed by atoms with van der Waals surface area (Å²) in [5, 5.41) is 0. The van der Waals surface area contributed by atoms with Gasteiger partial charge in [0, 0.05) is 0 Å². The van der Waals surface area contributed by atoms with Gasteiger partial charge in [0.25, 0.3) is 0 Å². The summed E-state index contributed by atoms with van der Waals surface area (Å²) >= 11 is 0. The van der Waals surface area contributed by atoms with Gasteiger partial charge in [-0.2, -0.15) is 9.97 Å². The quantitative estimate of drug-likeness (QED) is 0.798. The predicted octanol–water partition coefficient (Wildman–Crippen LogP) is 2.94. The summed E-state index contributed by atoms with van der Waals surface area (Å²) in [5.74, 6) is 1.53. The largest absolute Gasteiger partial charge is 0.368 e. The average Bonchev–Trinajstić information content (AvgIpc) is 2.49. The molecule has 0 aliphatic carbocycles. The molecule has 0 saturated carbocycles. The molecule has 3 aromatic rings. The molecule has 0 saturated heterocycles. The van der Waals surface area contributed by atoms with E-state index in [9.17, 15) is 0 Å². The normalized spacial score (nSPS) is 10.8. The number of aryl methyl sites for hydroxylation is 1. The van der Waals surface area contributed by atoms with Crippen LogP contribution in [0.4, 0.5) is 5.95 Å². The van der Waals surface area contributed by atoms with Gasteiger partial charge in [-0.05, 0) is 18.1 Å². The van der Waals surface area contributed by atoms with Crippen LogP contribution < -0.4 is 5.73 Å². The summed E-state index contributed by atoms with van der Waals surface area (Å²) in [6, 6.07) is 20.4. The SMILES string of the molecule is Cc1nc(N)nc(C(c2ccccc2)c2ccccc2)n1. The van der Waals surface area contributed by atoms with Crippen LogP contribution in [-0.4, -0.2) is 15.0 Å². The van der Waals surface area contributed by atoms with Crippen LogP contribution in [0.1, 0.15) is 28.7 Å². The molecule has 2 N–H and O–H groups in total. The molecule has 1 aromatic heterocycles. The van der Waals surface area contributed by atoms with E-state index in [1.807, 2.05) is 43.3 Å². The minimum atomic E-state index is -0.0450. The standard InChI is InChI=1S/C17H16N4/c1-12-19-16(21-17(18)20-12)15(13-8-4-2-5-9-13)14-10-6-3-7-11-14/h2-11,15H,1H3,(H2,18,19,20,21). The number of anilines is 1. The van der Waals surface area contributed by atoms with Crippen molar-refractivity contribution in [3.8, 4) is 0 Å². The van der Waals surface area contributed by atoms with Crippen LogP contribution in [0.15, 0.2) is 60.7 Å². The highest BCUT2D eigenvalue weighted by Crippen LogP contribution is 2.29. The first-order valence-electron chi connectivity index (χ1n) is 6.82. The molecule has 0 unspecified atom stereocenters. The van der Waals surface area contributed by atoms with Gasteiger partial charge in [-0.15, -0.1) is 0 Å². The van der Waals surface area contributed by atoms with Gasteiger partial charge in [0.05, 0.1) is 5.92 Å². The first-order valence-corrected chi connectivity index (χ1v) is 6.82.